The standard InChI is InChI=1S/C15H31N3O4/c1-17(9-4-8-16)10-5-11-18(12-6-14(19)21-2)13-7-15(20)22-3/h4-13,16H2,1-3H3. The smallest absolute Gasteiger partial charge is 0.306 e. The number of rotatable bonds is 13. The number of hydrogen-bond donors (Lipinski definition) is 1. The summed E-state index contributed by atoms with van der Waals surface area (Å²) >= 11 is 0. The zero-order chi connectivity index (χ0) is 16.8. The minimum Gasteiger partial charge on any atom is -0.469 e. The van der Waals surface area contributed by atoms with Gasteiger partial charge in [-0.1, -0.05) is 0 Å². The predicted molar refractivity (Wildman–Crippen MR) is 85.5 cm³/mol. The first-order valence-electron chi connectivity index (χ1n) is 7.78. The molecule has 0 saturated carbocycles. The second-order valence-electron chi connectivity index (χ2n) is 5.29. The Labute approximate surface area is 133 Å². The third kappa shape index (κ3) is 11.5. The van der Waals surface area contributed by atoms with E-state index in [2.05, 4.69) is 26.3 Å². The third-order valence-corrected chi connectivity index (χ3v) is 3.48. The van der Waals surface area contributed by atoms with Crippen molar-refractivity contribution in [2.45, 2.75) is 25.7 Å². The number of carbonyl (C=O) groups excluding carboxylic acids is 2. The van der Waals surface area contributed by atoms with Gasteiger partial charge in [0.1, 0.15) is 0 Å². The zero-order valence-electron chi connectivity index (χ0n) is 14.2. The van der Waals surface area contributed by atoms with Crippen LogP contribution in [-0.4, -0.2) is 82.3 Å². The summed E-state index contributed by atoms with van der Waals surface area (Å²) in [7, 11) is 4.84. The van der Waals surface area contributed by atoms with E-state index in [0.717, 1.165) is 32.5 Å². The van der Waals surface area contributed by atoms with Gasteiger partial charge in [-0.25, -0.2) is 0 Å². The average Bonchev–Trinajstić information content (AvgIpc) is 2.53. The third-order valence-electron chi connectivity index (χ3n) is 3.48. The van der Waals surface area contributed by atoms with Crippen LogP contribution < -0.4 is 5.73 Å². The van der Waals surface area contributed by atoms with Gasteiger partial charge in [-0.05, 0) is 46.1 Å². The highest BCUT2D eigenvalue weighted by Gasteiger charge is 2.11. The highest BCUT2D eigenvalue weighted by atomic mass is 16.5. The number of hydrogen-bond acceptors (Lipinski definition) is 7. The number of methoxy groups -OCH3 is 2. The van der Waals surface area contributed by atoms with Crippen LogP contribution in [0.4, 0.5) is 0 Å². The van der Waals surface area contributed by atoms with E-state index in [1.54, 1.807) is 0 Å². The Kier molecular flexibility index (Phi) is 12.8. The fourth-order valence-corrected chi connectivity index (χ4v) is 2.08. The first-order valence-corrected chi connectivity index (χ1v) is 7.78. The second-order valence-corrected chi connectivity index (χ2v) is 5.29. The molecule has 0 unspecified atom stereocenters. The Hall–Kier alpha value is -1.18. The topological polar surface area (TPSA) is 85.1 Å². The van der Waals surface area contributed by atoms with Gasteiger partial charge >= 0.3 is 11.9 Å². The minimum absolute atomic E-state index is 0.233. The van der Waals surface area contributed by atoms with Crippen LogP contribution in [0.2, 0.25) is 0 Å². The second kappa shape index (κ2) is 13.5. The van der Waals surface area contributed by atoms with E-state index in [4.69, 9.17) is 5.73 Å². The number of carbonyl (C=O) groups is 2. The summed E-state index contributed by atoms with van der Waals surface area (Å²) in [6, 6.07) is 0. The molecule has 7 nitrogen and oxygen atoms in total. The molecule has 0 fully saturated rings. The summed E-state index contributed by atoms with van der Waals surface area (Å²) < 4.78 is 9.31. The Balaban J connectivity index is 4.09. The molecule has 0 aliphatic rings. The molecule has 0 aromatic carbocycles. The van der Waals surface area contributed by atoms with Crippen LogP contribution in [0.5, 0.6) is 0 Å². The Morgan fingerprint density at radius 3 is 1.82 bits per heavy atom. The van der Waals surface area contributed by atoms with Crippen molar-refractivity contribution in [3.63, 3.8) is 0 Å². The van der Waals surface area contributed by atoms with Gasteiger partial charge in [0.2, 0.25) is 0 Å². The molecule has 2 N–H and O–H groups in total. The maximum Gasteiger partial charge on any atom is 0.306 e. The highest BCUT2D eigenvalue weighted by molar-refractivity contribution is 5.70. The van der Waals surface area contributed by atoms with E-state index in [-0.39, 0.29) is 11.9 Å². The lowest BCUT2D eigenvalue weighted by atomic mass is 10.3. The normalized spacial score (nSPS) is 11.0. The Bertz CT molecular complexity index is 293. The molecular weight excluding hydrogens is 286 g/mol. The first kappa shape index (κ1) is 20.8. The van der Waals surface area contributed by atoms with Crippen molar-refractivity contribution in [2.75, 3.05) is 60.5 Å². The molecule has 0 aromatic heterocycles. The summed E-state index contributed by atoms with van der Waals surface area (Å²) in [5, 5.41) is 0. The molecule has 0 heterocycles. The van der Waals surface area contributed by atoms with Gasteiger partial charge in [0.05, 0.1) is 27.1 Å². The molecule has 0 bridgehead atoms. The molecule has 0 aliphatic carbocycles. The van der Waals surface area contributed by atoms with Crippen molar-refractivity contribution in [3.05, 3.63) is 0 Å². The van der Waals surface area contributed by atoms with E-state index in [1.807, 2.05) is 0 Å². The van der Waals surface area contributed by atoms with Crippen LogP contribution in [0.1, 0.15) is 25.7 Å². The van der Waals surface area contributed by atoms with E-state index in [9.17, 15) is 9.59 Å². The summed E-state index contributed by atoms with van der Waals surface area (Å²) in [6.45, 7) is 4.68. The van der Waals surface area contributed by atoms with Gasteiger partial charge in [-0.15, -0.1) is 0 Å². The van der Waals surface area contributed by atoms with Gasteiger partial charge in [0.25, 0.3) is 0 Å². The van der Waals surface area contributed by atoms with Crippen molar-refractivity contribution in [3.8, 4) is 0 Å². The van der Waals surface area contributed by atoms with Crippen LogP contribution in [0.3, 0.4) is 0 Å². The molecule has 0 aliphatic heterocycles. The fraction of sp³-hybridized carbons (Fsp3) is 0.867. The quantitative estimate of drug-likeness (QED) is 0.482. The molecule has 0 saturated heterocycles. The van der Waals surface area contributed by atoms with Crippen molar-refractivity contribution in [2.24, 2.45) is 5.73 Å². The minimum atomic E-state index is -0.233. The molecule has 0 atom stereocenters. The number of nitrogens with two attached hydrogens (primary N) is 1. The number of nitrogens with zero attached hydrogens (tertiary/aromatic N) is 2. The lowest BCUT2D eigenvalue weighted by Gasteiger charge is -2.23. The van der Waals surface area contributed by atoms with Gasteiger partial charge < -0.3 is 25.0 Å². The molecule has 22 heavy (non-hydrogen) atoms. The maximum absolute atomic E-state index is 11.3. The molecule has 0 rings (SSSR count). The molecule has 0 amide bonds. The summed E-state index contributed by atoms with van der Waals surface area (Å²) in [6.07, 6.45) is 2.63. The molecular formula is C15H31N3O4. The van der Waals surface area contributed by atoms with E-state index >= 15 is 0 Å². The van der Waals surface area contributed by atoms with Crippen LogP contribution in [0, 0.1) is 0 Å². The lowest BCUT2D eigenvalue weighted by molar-refractivity contribution is -0.141. The molecule has 0 spiro atoms. The van der Waals surface area contributed by atoms with Crippen molar-refractivity contribution in [1.82, 2.24) is 9.80 Å². The van der Waals surface area contributed by atoms with E-state index < -0.39 is 0 Å². The van der Waals surface area contributed by atoms with Crippen LogP contribution in [-0.2, 0) is 19.1 Å². The molecule has 130 valence electrons. The summed E-state index contributed by atoms with van der Waals surface area (Å²) in [5.74, 6) is -0.466. The van der Waals surface area contributed by atoms with Crippen LogP contribution in [0.25, 0.3) is 0 Å². The molecule has 7 heteroatoms. The van der Waals surface area contributed by atoms with E-state index in [1.165, 1.54) is 14.2 Å². The Morgan fingerprint density at radius 1 is 0.864 bits per heavy atom. The lowest BCUT2D eigenvalue weighted by Crippen LogP contribution is -2.32. The van der Waals surface area contributed by atoms with Crippen molar-refractivity contribution in [1.29, 1.82) is 0 Å². The largest absolute Gasteiger partial charge is 0.469 e. The number of ether oxygens (including phenoxy) is 2. The fourth-order valence-electron chi connectivity index (χ4n) is 2.08. The maximum atomic E-state index is 11.3. The van der Waals surface area contributed by atoms with Crippen LogP contribution in [0.15, 0.2) is 0 Å². The van der Waals surface area contributed by atoms with Crippen molar-refractivity contribution >= 4 is 11.9 Å². The number of esters is 2. The predicted octanol–water partition coefficient (Wildman–Crippen LogP) is 0.0853. The first-order chi connectivity index (χ1) is 10.5. The van der Waals surface area contributed by atoms with Gasteiger partial charge in [-0.2, -0.15) is 0 Å². The van der Waals surface area contributed by atoms with Gasteiger partial charge in [-0.3, -0.25) is 9.59 Å². The van der Waals surface area contributed by atoms with E-state index in [0.29, 0.717) is 32.5 Å². The SMILES string of the molecule is COC(=O)CCN(CCCN(C)CCCN)CCC(=O)OC. The highest BCUT2D eigenvalue weighted by Crippen LogP contribution is 2.00. The zero-order valence-corrected chi connectivity index (χ0v) is 14.2. The van der Waals surface area contributed by atoms with Gasteiger partial charge in [0, 0.05) is 13.1 Å². The van der Waals surface area contributed by atoms with Crippen molar-refractivity contribution < 1.29 is 19.1 Å². The monoisotopic (exact) mass is 317 g/mol. The van der Waals surface area contributed by atoms with Crippen LogP contribution >= 0.6 is 0 Å². The molecule has 0 radical (unpaired) electrons. The van der Waals surface area contributed by atoms with Gasteiger partial charge in [0.15, 0.2) is 0 Å². The Morgan fingerprint density at radius 2 is 1.36 bits per heavy atom. The average molecular weight is 317 g/mol. The summed E-state index contributed by atoms with van der Waals surface area (Å²) in [4.78, 5) is 26.8. The summed E-state index contributed by atoms with van der Waals surface area (Å²) in [5.41, 5.74) is 5.49. The molecule has 0 aromatic rings.